The fourth-order valence-corrected chi connectivity index (χ4v) is 3.10. The van der Waals surface area contributed by atoms with Gasteiger partial charge in [0.05, 0.1) is 5.02 Å². The molecule has 1 aliphatic carbocycles. The van der Waals surface area contributed by atoms with Crippen LogP contribution >= 0.6 is 23.8 Å². The van der Waals surface area contributed by atoms with E-state index in [1.165, 1.54) is 36.1 Å². The molecule has 2 N–H and O–H groups in total. The van der Waals surface area contributed by atoms with Crippen molar-refractivity contribution < 1.29 is 4.39 Å². The molecule has 0 saturated heterocycles. The van der Waals surface area contributed by atoms with Gasteiger partial charge in [0.1, 0.15) is 5.82 Å². The van der Waals surface area contributed by atoms with Crippen molar-refractivity contribution in [3.63, 3.8) is 0 Å². The first-order chi connectivity index (χ1) is 10.6. The first kappa shape index (κ1) is 15.3. The zero-order chi connectivity index (χ0) is 15.5. The first-order valence-corrected chi connectivity index (χ1v) is 8.06. The molecule has 1 aliphatic rings. The van der Waals surface area contributed by atoms with Crippen molar-refractivity contribution in [3.05, 3.63) is 58.4 Å². The molecular weight excluding hydrogens is 319 g/mol. The minimum absolute atomic E-state index is 0.0987. The summed E-state index contributed by atoms with van der Waals surface area (Å²) in [4.78, 5) is 0. The molecule has 22 heavy (non-hydrogen) atoms. The van der Waals surface area contributed by atoms with Gasteiger partial charge in [0.25, 0.3) is 0 Å². The number of benzene rings is 2. The predicted octanol–water partition coefficient (Wildman–Crippen LogP) is 5.17. The molecule has 5 heteroatoms. The van der Waals surface area contributed by atoms with Crippen molar-refractivity contribution in [2.45, 2.75) is 25.7 Å². The van der Waals surface area contributed by atoms with Crippen molar-refractivity contribution in [1.29, 1.82) is 0 Å². The Bertz CT molecular complexity index is 718. The van der Waals surface area contributed by atoms with Crippen LogP contribution in [0.1, 0.15) is 24.0 Å². The summed E-state index contributed by atoms with van der Waals surface area (Å²) in [5, 5.41) is 6.75. The number of anilines is 2. The van der Waals surface area contributed by atoms with Gasteiger partial charge in [-0.3, -0.25) is 0 Å². The van der Waals surface area contributed by atoms with Crippen LogP contribution in [0.25, 0.3) is 0 Å². The molecule has 0 amide bonds. The molecule has 3 rings (SSSR count). The van der Waals surface area contributed by atoms with Crippen LogP contribution in [0.2, 0.25) is 5.02 Å². The number of fused-ring (bicyclic) bond motifs is 1. The van der Waals surface area contributed by atoms with Gasteiger partial charge in [-0.25, -0.2) is 4.39 Å². The Labute approximate surface area is 139 Å². The van der Waals surface area contributed by atoms with Gasteiger partial charge >= 0.3 is 0 Å². The van der Waals surface area contributed by atoms with Crippen LogP contribution in [0.3, 0.4) is 0 Å². The van der Waals surface area contributed by atoms with E-state index in [4.69, 9.17) is 23.8 Å². The Hall–Kier alpha value is -1.65. The fraction of sp³-hybridized carbons (Fsp3) is 0.235. The molecule has 0 aromatic heterocycles. The molecular formula is C17H16ClFN2S. The second-order valence-corrected chi connectivity index (χ2v) is 6.17. The van der Waals surface area contributed by atoms with Gasteiger partial charge in [0.2, 0.25) is 0 Å². The highest BCUT2D eigenvalue weighted by Gasteiger charge is 2.13. The summed E-state index contributed by atoms with van der Waals surface area (Å²) in [5.41, 5.74) is 4.32. The van der Waals surface area contributed by atoms with Crippen LogP contribution in [0.15, 0.2) is 36.4 Å². The van der Waals surface area contributed by atoms with E-state index in [9.17, 15) is 4.39 Å². The van der Waals surface area contributed by atoms with Crippen LogP contribution in [0, 0.1) is 5.82 Å². The van der Waals surface area contributed by atoms with E-state index < -0.39 is 5.82 Å². The summed E-state index contributed by atoms with van der Waals surface area (Å²) in [5.74, 6) is -0.466. The maximum absolute atomic E-state index is 13.4. The van der Waals surface area contributed by atoms with E-state index >= 15 is 0 Å². The molecule has 0 bridgehead atoms. The fourth-order valence-electron chi connectivity index (χ4n) is 2.76. The molecule has 2 aromatic carbocycles. The van der Waals surface area contributed by atoms with E-state index in [2.05, 4.69) is 16.7 Å². The lowest BCUT2D eigenvalue weighted by atomic mass is 9.90. The Morgan fingerprint density at radius 3 is 2.73 bits per heavy atom. The van der Waals surface area contributed by atoms with Gasteiger partial charge in [-0.05, 0) is 73.3 Å². The maximum atomic E-state index is 13.4. The van der Waals surface area contributed by atoms with Gasteiger partial charge in [0, 0.05) is 11.4 Å². The largest absolute Gasteiger partial charge is 0.332 e. The molecule has 0 spiro atoms. The molecule has 0 fully saturated rings. The molecule has 2 aromatic rings. The summed E-state index contributed by atoms with van der Waals surface area (Å²) in [6, 6.07) is 10.8. The molecule has 0 unspecified atom stereocenters. The van der Waals surface area contributed by atoms with Crippen LogP contribution in [0.4, 0.5) is 15.8 Å². The Morgan fingerprint density at radius 2 is 1.91 bits per heavy atom. The van der Waals surface area contributed by atoms with Gasteiger partial charge < -0.3 is 10.6 Å². The summed E-state index contributed by atoms with van der Waals surface area (Å²) < 4.78 is 13.4. The van der Waals surface area contributed by atoms with Crippen molar-refractivity contribution >= 4 is 40.3 Å². The first-order valence-electron chi connectivity index (χ1n) is 7.27. The highest BCUT2D eigenvalue weighted by Crippen LogP contribution is 2.28. The molecule has 2 nitrogen and oxygen atoms in total. The third-order valence-corrected chi connectivity index (χ3v) is 4.33. The second-order valence-electron chi connectivity index (χ2n) is 5.36. The zero-order valence-corrected chi connectivity index (χ0v) is 13.5. The van der Waals surface area contributed by atoms with E-state index in [1.54, 1.807) is 6.07 Å². The highest BCUT2D eigenvalue weighted by molar-refractivity contribution is 7.80. The standard InChI is InChI=1S/C17H16ClFN2S/c18-14-9-8-12(10-15(14)19)20-17(22)21-16-7-3-5-11-4-1-2-6-13(11)16/h3,5,7-10H,1-2,4,6H2,(H2,20,21,22). The molecule has 0 heterocycles. The minimum Gasteiger partial charge on any atom is -0.332 e. The lowest BCUT2D eigenvalue weighted by Crippen LogP contribution is -2.21. The summed E-state index contributed by atoms with van der Waals surface area (Å²) in [7, 11) is 0. The summed E-state index contributed by atoms with van der Waals surface area (Å²) in [6.07, 6.45) is 4.63. The van der Waals surface area contributed by atoms with Crippen LogP contribution in [0.5, 0.6) is 0 Å². The number of aryl methyl sites for hydroxylation is 1. The zero-order valence-electron chi connectivity index (χ0n) is 12.0. The smallest absolute Gasteiger partial charge is 0.175 e. The van der Waals surface area contributed by atoms with Crippen molar-refractivity contribution in [2.24, 2.45) is 0 Å². The predicted molar refractivity (Wildman–Crippen MR) is 94.3 cm³/mol. The number of nitrogens with one attached hydrogen (secondary N) is 2. The number of halogens is 2. The minimum atomic E-state index is -0.466. The third kappa shape index (κ3) is 3.39. The molecule has 0 saturated carbocycles. The summed E-state index contributed by atoms with van der Waals surface area (Å²) >= 11 is 11.0. The lowest BCUT2D eigenvalue weighted by Gasteiger charge is -2.20. The number of hydrogen-bond acceptors (Lipinski definition) is 1. The van der Waals surface area contributed by atoms with Crippen molar-refractivity contribution in [2.75, 3.05) is 10.6 Å². The van der Waals surface area contributed by atoms with Gasteiger partial charge in [0.15, 0.2) is 5.11 Å². The Kier molecular flexibility index (Phi) is 4.60. The van der Waals surface area contributed by atoms with E-state index in [0.29, 0.717) is 10.8 Å². The summed E-state index contributed by atoms with van der Waals surface area (Å²) in [6.45, 7) is 0. The maximum Gasteiger partial charge on any atom is 0.175 e. The molecule has 0 aliphatic heterocycles. The third-order valence-electron chi connectivity index (χ3n) is 3.82. The molecule has 0 atom stereocenters. The van der Waals surface area contributed by atoms with Gasteiger partial charge in [-0.2, -0.15) is 0 Å². The Balaban J connectivity index is 1.73. The average molecular weight is 335 g/mol. The lowest BCUT2D eigenvalue weighted by molar-refractivity contribution is 0.629. The van der Waals surface area contributed by atoms with E-state index in [1.807, 2.05) is 12.1 Å². The number of rotatable bonds is 2. The highest BCUT2D eigenvalue weighted by atomic mass is 35.5. The van der Waals surface area contributed by atoms with Crippen molar-refractivity contribution in [1.82, 2.24) is 0 Å². The average Bonchev–Trinajstić information content (AvgIpc) is 2.51. The quantitative estimate of drug-likeness (QED) is 0.741. The van der Waals surface area contributed by atoms with E-state index in [0.717, 1.165) is 18.5 Å². The van der Waals surface area contributed by atoms with Crippen LogP contribution < -0.4 is 10.6 Å². The normalized spacial score (nSPS) is 13.4. The molecule has 0 radical (unpaired) electrons. The Morgan fingerprint density at radius 1 is 1.09 bits per heavy atom. The van der Waals surface area contributed by atoms with Gasteiger partial charge in [-0.1, -0.05) is 23.7 Å². The topological polar surface area (TPSA) is 24.1 Å². The SMILES string of the molecule is Fc1cc(NC(=S)Nc2cccc3c2CCCC3)ccc1Cl. The van der Waals surface area contributed by atoms with Crippen LogP contribution in [-0.2, 0) is 12.8 Å². The van der Waals surface area contributed by atoms with Gasteiger partial charge in [-0.15, -0.1) is 0 Å². The molecule has 114 valence electrons. The van der Waals surface area contributed by atoms with Crippen LogP contribution in [-0.4, -0.2) is 5.11 Å². The van der Waals surface area contributed by atoms with Crippen molar-refractivity contribution in [3.8, 4) is 0 Å². The number of hydrogen-bond donors (Lipinski definition) is 2. The number of thiocarbonyl (C=S) groups is 1. The monoisotopic (exact) mass is 334 g/mol. The second kappa shape index (κ2) is 6.63. The van der Waals surface area contributed by atoms with E-state index in [-0.39, 0.29) is 5.02 Å².